The lowest BCUT2D eigenvalue weighted by molar-refractivity contribution is 0.585. The quantitative estimate of drug-likeness (QED) is 0.787. The molecular formula is C16H20N4S. The number of hydrogen-bond acceptors (Lipinski definition) is 4. The molecule has 4 nitrogen and oxygen atoms in total. The average molecular weight is 300 g/mol. The molecule has 1 atom stereocenters. The molecule has 0 aliphatic rings. The third-order valence-electron chi connectivity index (χ3n) is 3.71. The van der Waals surface area contributed by atoms with Gasteiger partial charge in [0.25, 0.3) is 0 Å². The first kappa shape index (κ1) is 14.2. The number of nitrogens with zero attached hydrogens (tertiary/aromatic N) is 3. The molecule has 0 aliphatic carbocycles. The van der Waals surface area contributed by atoms with Gasteiger partial charge in [0.15, 0.2) is 0 Å². The predicted octanol–water partition coefficient (Wildman–Crippen LogP) is 3.10. The monoisotopic (exact) mass is 300 g/mol. The highest BCUT2D eigenvalue weighted by atomic mass is 32.1. The zero-order valence-corrected chi connectivity index (χ0v) is 13.4. The Bertz CT molecular complexity index is 711. The molecule has 2 aromatic heterocycles. The van der Waals surface area contributed by atoms with E-state index in [1.807, 2.05) is 24.8 Å². The largest absolute Gasteiger partial charge is 0.313 e. The van der Waals surface area contributed by atoms with Crippen molar-refractivity contribution in [1.29, 1.82) is 0 Å². The van der Waals surface area contributed by atoms with E-state index in [9.17, 15) is 0 Å². The van der Waals surface area contributed by atoms with Crippen molar-refractivity contribution in [2.45, 2.75) is 25.8 Å². The van der Waals surface area contributed by atoms with Gasteiger partial charge in [0.2, 0.25) is 0 Å². The van der Waals surface area contributed by atoms with Crippen LogP contribution in [0.3, 0.4) is 0 Å². The first-order chi connectivity index (χ1) is 10.2. The number of thiazole rings is 1. The van der Waals surface area contributed by atoms with Gasteiger partial charge in [-0.05, 0) is 25.6 Å². The van der Waals surface area contributed by atoms with Crippen LogP contribution in [-0.2, 0) is 19.9 Å². The maximum Gasteiger partial charge on any atom is 0.0957 e. The summed E-state index contributed by atoms with van der Waals surface area (Å²) in [5.41, 5.74) is 3.54. The number of nitrogens with one attached hydrogen (secondary N) is 1. The third kappa shape index (κ3) is 2.84. The first-order valence-corrected chi connectivity index (χ1v) is 8.07. The Morgan fingerprint density at radius 1 is 1.33 bits per heavy atom. The lowest BCUT2D eigenvalue weighted by atomic mass is 10.0. The zero-order chi connectivity index (χ0) is 14.8. The molecule has 0 saturated carbocycles. The van der Waals surface area contributed by atoms with Crippen LogP contribution in [0.25, 0.3) is 10.2 Å². The summed E-state index contributed by atoms with van der Waals surface area (Å²) in [6, 6.07) is 8.57. The van der Waals surface area contributed by atoms with Gasteiger partial charge < -0.3 is 5.32 Å². The average Bonchev–Trinajstić information content (AvgIpc) is 3.07. The summed E-state index contributed by atoms with van der Waals surface area (Å²) in [6.45, 7) is 2.15. The molecule has 3 rings (SSSR count). The summed E-state index contributed by atoms with van der Waals surface area (Å²) in [4.78, 5) is 4.74. The van der Waals surface area contributed by atoms with Gasteiger partial charge in [-0.15, -0.1) is 11.3 Å². The number of benzene rings is 1. The zero-order valence-electron chi connectivity index (χ0n) is 12.6. The van der Waals surface area contributed by atoms with E-state index < -0.39 is 0 Å². The normalized spacial score (nSPS) is 12.9. The highest BCUT2D eigenvalue weighted by Crippen LogP contribution is 2.27. The Hall–Kier alpha value is -1.72. The molecule has 5 heteroatoms. The van der Waals surface area contributed by atoms with Crippen molar-refractivity contribution in [3.63, 3.8) is 0 Å². The van der Waals surface area contributed by atoms with Crippen molar-refractivity contribution in [1.82, 2.24) is 20.1 Å². The van der Waals surface area contributed by atoms with Crippen LogP contribution in [-0.4, -0.2) is 21.8 Å². The van der Waals surface area contributed by atoms with Gasteiger partial charge in [0.1, 0.15) is 0 Å². The first-order valence-electron chi connectivity index (χ1n) is 7.25. The molecule has 0 radical (unpaired) electrons. The molecule has 3 aromatic rings. The Labute approximate surface area is 128 Å². The number of hydrogen-bond donors (Lipinski definition) is 1. The highest BCUT2D eigenvalue weighted by molar-refractivity contribution is 7.18. The second-order valence-corrected chi connectivity index (χ2v) is 6.29. The van der Waals surface area contributed by atoms with E-state index in [1.165, 1.54) is 15.3 Å². The van der Waals surface area contributed by atoms with Gasteiger partial charge in [0, 0.05) is 31.3 Å². The van der Waals surface area contributed by atoms with E-state index in [4.69, 9.17) is 4.98 Å². The second kappa shape index (κ2) is 5.95. The summed E-state index contributed by atoms with van der Waals surface area (Å²) in [6.07, 6.45) is 3.97. The van der Waals surface area contributed by atoms with Crippen LogP contribution in [0.5, 0.6) is 0 Å². The number of rotatable bonds is 5. The van der Waals surface area contributed by atoms with Crippen molar-refractivity contribution in [2.75, 3.05) is 7.05 Å². The standard InChI is InChI=1S/C16H20N4S/c1-4-12-11(10-20(3)19-12)14(17-2)9-16-18-13-7-5-6-8-15(13)21-16/h5-8,10,14,17H,4,9H2,1-3H3. The smallest absolute Gasteiger partial charge is 0.0957 e. The second-order valence-electron chi connectivity index (χ2n) is 5.18. The lowest BCUT2D eigenvalue weighted by Crippen LogP contribution is -2.19. The van der Waals surface area contributed by atoms with Gasteiger partial charge >= 0.3 is 0 Å². The number of fused-ring (bicyclic) bond motifs is 1. The lowest BCUT2D eigenvalue weighted by Gasteiger charge is -2.14. The minimum atomic E-state index is 0.259. The molecule has 0 bridgehead atoms. The minimum Gasteiger partial charge on any atom is -0.313 e. The Morgan fingerprint density at radius 3 is 2.86 bits per heavy atom. The molecule has 0 fully saturated rings. The summed E-state index contributed by atoms with van der Waals surface area (Å²) in [5.74, 6) is 0. The third-order valence-corrected chi connectivity index (χ3v) is 4.77. The van der Waals surface area contributed by atoms with Gasteiger partial charge in [-0.3, -0.25) is 4.68 Å². The Balaban J connectivity index is 1.89. The van der Waals surface area contributed by atoms with Crippen molar-refractivity contribution in [3.8, 4) is 0 Å². The molecule has 1 aromatic carbocycles. The van der Waals surface area contributed by atoms with Gasteiger partial charge in [-0.25, -0.2) is 4.98 Å². The fraction of sp³-hybridized carbons (Fsp3) is 0.375. The van der Waals surface area contributed by atoms with Crippen molar-refractivity contribution in [2.24, 2.45) is 7.05 Å². The predicted molar refractivity (Wildman–Crippen MR) is 87.7 cm³/mol. The summed E-state index contributed by atoms with van der Waals surface area (Å²) in [7, 11) is 3.98. The summed E-state index contributed by atoms with van der Waals surface area (Å²) < 4.78 is 3.15. The van der Waals surface area contributed by atoms with Crippen molar-refractivity contribution >= 4 is 21.6 Å². The fourth-order valence-corrected chi connectivity index (χ4v) is 3.68. The Kier molecular flexibility index (Phi) is 4.03. The maximum absolute atomic E-state index is 4.74. The van der Waals surface area contributed by atoms with Gasteiger partial charge in [-0.2, -0.15) is 5.10 Å². The molecule has 1 unspecified atom stereocenters. The fourth-order valence-electron chi connectivity index (χ4n) is 2.67. The van der Waals surface area contributed by atoms with Crippen LogP contribution in [0.15, 0.2) is 30.5 Å². The van der Waals surface area contributed by atoms with Gasteiger partial charge in [0.05, 0.1) is 20.9 Å². The van der Waals surface area contributed by atoms with Crippen LogP contribution in [0.4, 0.5) is 0 Å². The molecule has 0 spiro atoms. The molecule has 0 aliphatic heterocycles. The highest BCUT2D eigenvalue weighted by Gasteiger charge is 2.18. The maximum atomic E-state index is 4.74. The Morgan fingerprint density at radius 2 is 2.14 bits per heavy atom. The molecule has 2 heterocycles. The number of para-hydroxylation sites is 1. The summed E-state index contributed by atoms with van der Waals surface area (Å²) in [5, 5.41) is 9.12. The molecule has 21 heavy (non-hydrogen) atoms. The van der Waals surface area contributed by atoms with E-state index in [0.29, 0.717) is 0 Å². The van der Waals surface area contributed by atoms with Crippen LogP contribution in [0, 0.1) is 0 Å². The minimum absolute atomic E-state index is 0.259. The van der Waals surface area contributed by atoms with E-state index in [2.05, 4.69) is 41.7 Å². The van der Waals surface area contributed by atoms with E-state index in [0.717, 1.165) is 24.1 Å². The van der Waals surface area contributed by atoms with Crippen molar-refractivity contribution < 1.29 is 0 Å². The number of likely N-dealkylation sites (N-methyl/N-ethyl adjacent to an activating group) is 1. The SMILES string of the molecule is CCc1nn(C)cc1C(Cc1nc2ccccc2s1)NC. The molecule has 0 saturated heterocycles. The number of aromatic nitrogens is 3. The van der Waals surface area contributed by atoms with Crippen LogP contribution < -0.4 is 5.32 Å². The van der Waals surface area contributed by atoms with E-state index in [1.54, 1.807) is 11.3 Å². The van der Waals surface area contributed by atoms with Crippen LogP contribution >= 0.6 is 11.3 Å². The van der Waals surface area contributed by atoms with Crippen molar-refractivity contribution in [3.05, 3.63) is 46.7 Å². The van der Waals surface area contributed by atoms with Crippen LogP contribution in [0.1, 0.15) is 29.2 Å². The van der Waals surface area contributed by atoms with E-state index >= 15 is 0 Å². The van der Waals surface area contributed by atoms with Gasteiger partial charge in [-0.1, -0.05) is 19.1 Å². The molecule has 110 valence electrons. The van der Waals surface area contributed by atoms with Crippen LogP contribution in [0.2, 0.25) is 0 Å². The molecule has 1 N–H and O–H groups in total. The molecule has 0 amide bonds. The van der Waals surface area contributed by atoms with E-state index in [-0.39, 0.29) is 6.04 Å². The summed E-state index contributed by atoms with van der Waals surface area (Å²) >= 11 is 1.78. The topological polar surface area (TPSA) is 42.7 Å². The number of aryl methyl sites for hydroxylation is 2. The molecular weight excluding hydrogens is 280 g/mol.